The van der Waals surface area contributed by atoms with Crippen molar-refractivity contribution in [3.8, 4) is 5.75 Å². The van der Waals surface area contributed by atoms with Gasteiger partial charge in [-0.05, 0) is 31.0 Å². The molecule has 0 fully saturated rings. The number of benzene rings is 1. The fraction of sp³-hybridized carbons (Fsp3) is 0.333. The van der Waals surface area contributed by atoms with Crippen LogP contribution in [0.15, 0.2) is 27.8 Å². The number of rotatable bonds is 1. The quantitative estimate of drug-likeness (QED) is 0.686. The second-order valence-electron chi connectivity index (χ2n) is 6.41. The van der Waals surface area contributed by atoms with E-state index in [4.69, 9.17) is 4.74 Å². The highest BCUT2D eigenvalue weighted by Gasteiger charge is 2.27. The first-order valence-electron chi connectivity index (χ1n) is 7.87. The molecule has 0 saturated carbocycles. The Hall–Kier alpha value is -2.60. The summed E-state index contributed by atoms with van der Waals surface area (Å²) in [5.74, 6) is 0.538. The van der Waals surface area contributed by atoms with Crippen LogP contribution in [0.3, 0.4) is 0 Å². The number of aryl methyl sites for hydroxylation is 3. The summed E-state index contributed by atoms with van der Waals surface area (Å²) in [6.45, 7) is 3.80. The molecule has 24 heavy (non-hydrogen) atoms. The molecule has 1 aliphatic rings. The van der Waals surface area contributed by atoms with Crippen LogP contribution in [0.1, 0.15) is 17.2 Å². The summed E-state index contributed by atoms with van der Waals surface area (Å²) in [5.41, 5.74) is 2.77. The summed E-state index contributed by atoms with van der Waals surface area (Å²) in [5, 5.41) is 11.4. The molecule has 2 aromatic heterocycles. The van der Waals surface area contributed by atoms with Gasteiger partial charge in [-0.1, -0.05) is 0 Å². The monoisotopic (exact) mass is 326 g/mol. The van der Waals surface area contributed by atoms with Crippen molar-refractivity contribution in [1.82, 2.24) is 9.13 Å². The lowest BCUT2D eigenvalue weighted by molar-refractivity contribution is 0.157. The van der Waals surface area contributed by atoms with E-state index in [1.165, 1.54) is 0 Å². The number of aliphatic hydroxyl groups is 1. The van der Waals surface area contributed by atoms with Gasteiger partial charge in [0.1, 0.15) is 6.61 Å². The van der Waals surface area contributed by atoms with Gasteiger partial charge in [0.2, 0.25) is 0 Å². The Morgan fingerprint density at radius 1 is 1.08 bits per heavy atom. The molecule has 6 nitrogen and oxygen atoms in total. The van der Waals surface area contributed by atoms with E-state index in [1.807, 2.05) is 19.9 Å². The van der Waals surface area contributed by atoms with E-state index in [1.54, 1.807) is 28.3 Å². The van der Waals surface area contributed by atoms with Gasteiger partial charge < -0.3 is 14.4 Å². The van der Waals surface area contributed by atoms with Gasteiger partial charge in [-0.3, -0.25) is 14.2 Å². The highest BCUT2D eigenvalue weighted by atomic mass is 16.5. The first-order chi connectivity index (χ1) is 11.4. The lowest BCUT2D eigenvalue weighted by atomic mass is 10.0. The molecule has 6 heteroatoms. The van der Waals surface area contributed by atoms with Crippen LogP contribution in [0.25, 0.3) is 21.8 Å². The van der Waals surface area contributed by atoms with E-state index in [0.717, 1.165) is 21.9 Å². The predicted octanol–water partition coefficient (Wildman–Crippen LogP) is 1.40. The molecule has 124 valence electrons. The van der Waals surface area contributed by atoms with Gasteiger partial charge in [0, 0.05) is 30.0 Å². The van der Waals surface area contributed by atoms with Crippen molar-refractivity contribution in [3.05, 3.63) is 50.0 Å². The van der Waals surface area contributed by atoms with Crippen LogP contribution in [0.2, 0.25) is 0 Å². The van der Waals surface area contributed by atoms with Gasteiger partial charge in [-0.25, -0.2) is 0 Å². The Bertz CT molecular complexity index is 1120. The summed E-state index contributed by atoms with van der Waals surface area (Å²) in [4.78, 5) is 24.7. The van der Waals surface area contributed by atoms with Crippen LogP contribution in [0.4, 0.5) is 0 Å². The molecular formula is C18H18N2O4. The SMILES string of the molecule is Cc1cc(=O)n(C)c2c3c4c(cc12)c(C)cc(=O)n4C(CO)CO3. The minimum Gasteiger partial charge on any atom is -0.487 e. The van der Waals surface area contributed by atoms with Crippen molar-refractivity contribution in [3.63, 3.8) is 0 Å². The molecule has 0 spiro atoms. The number of aliphatic hydroxyl groups excluding tert-OH is 1. The largest absolute Gasteiger partial charge is 0.487 e. The number of ether oxygens (including phenoxy) is 1. The lowest BCUT2D eigenvalue weighted by Crippen LogP contribution is -2.34. The first-order valence-corrected chi connectivity index (χ1v) is 7.87. The van der Waals surface area contributed by atoms with Gasteiger partial charge in [0.05, 0.1) is 23.7 Å². The topological polar surface area (TPSA) is 73.5 Å². The smallest absolute Gasteiger partial charge is 0.251 e. The van der Waals surface area contributed by atoms with Crippen molar-refractivity contribution in [2.75, 3.05) is 13.2 Å². The third-order valence-electron chi connectivity index (χ3n) is 4.90. The summed E-state index contributed by atoms with van der Waals surface area (Å²) in [6, 6.07) is 4.76. The molecule has 1 atom stereocenters. The van der Waals surface area contributed by atoms with Crippen LogP contribution in [-0.4, -0.2) is 27.5 Å². The molecular weight excluding hydrogens is 308 g/mol. The summed E-state index contributed by atoms with van der Waals surface area (Å²) in [7, 11) is 1.70. The molecule has 3 aromatic rings. The Kier molecular flexibility index (Phi) is 3.08. The number of aromatic nitrogens is 2. The highest BCUT2D eigenvalue weighted by Crippen LogP contribution is 2.39. The Balaban J connectivity index is 2.35. The molecule has 0 aliphatic carbocycles. The molecule has 3 heterocycles. The van der Waals surface area contributed by atoms with Gasteiger partial charge in [-0.2, -0.15) is 0 Å². The van der Waals surface area contributed by atoms with Crippen LogP contribution in [-0.2, 0) is 7.05 Å². The summed E-state index contributed by atoms with van der Waals surface area (Å²) in [6.07, 6.45) is 0. The maximum Gasteiger partial charge on any atom is 0.251 e. The summed E-state index contributed by atoms with van der Waals surface area (Å²) < 4.78 is 9.07. The van der Waals surface area contributed by atoms with Crippen LogP contribution < -0.4 is 15.9 Å². The van der Waals surface area contributed by atoms with Crippen molar-refractivity contribution in [2.45, 2.75) is 19.9 Å². The van der Waals surface area contributed by atoms with E-state index in [0.29, 0.717) is 16.8 Å². The molecule has 1 aliphatic heterocycles. The number of hydrogen-bond donors (Lipinski definition) is 1. The van der Waals surface area contributed by atoms with Gasteiger partial charge in [0.25, 0.3) is 11.1 Å². The molecule has 0 radical (unpaired) electrons. The standard InChI is InChI=1S/C18H18N2O4/c1-9-4-14(22)19(3)16-12(9)6-13-10(2)5-15(23)20-11(7-21)8-24-18(16)17(13)20/h4-6,11,21H,7-8H2,1-3H3. The van der Waals surface area contributed by atoms with Gasteiger partial charge in [-0.15, -0.1) is 0 Å². The first kappa shape index (κ1) is 15.0. The second-order valence-corrected chi connectivity index (χ2v) is 6.41. The van der Waals surface area contributed by atoms with Crippen molar-refractivity contribution in [2.24, 2.45) is 7.05 Å². The maximum absolute atomic E-state index is 12.5. The van der Waals surface area contributed by atoms with E-state index in [9.17, 15) is 14.7 Å². The highest BCUT2D eigenvalue weighted by molar-refractivity contribution is 6.04. The van der Waals surface area contributed by atoms with E-state index < -0.39 is 6.04 Å². The summed E-state index contributed by atoms with van der Waals surface area (Å²) >= 11 is 0. The van der Waals surface area contributed by atoms with E-state index >= 15 is 0 Å². The lowest BCUT2D eigenvalue weighted by Gasteiger charge is -2.29. The Morgan fingerprint density at radius 3 is 2.38 bits per heavy atom. The molecule has 1 N–H and O–H groups in total. The molecule has 1 unspecified atom stereocenters. The molecule has 0 amide bonds. The van der Waals surface area contributed by atoms with Gasteiger partial charge in [0.15, 0.2) is 5.75 Å². The molecule has 0 saturated heterocycles. The normalized spacial score (nSPS) is 16.6. The zero-order chi connectivity index (χ0) is 17.2. The third-order valence-corrected chi connectivity index (χ3v) is 4.90. The van der Waals surface area contributed by atoms with Gasteiger partial charge >= 0.3 is 0 Å². The van der Waals surface area contributed by atoms with E-state index in [-0.39, 0.29) is 24.3 Å². The van der Waals surface area contributed by atoms with Crippen LogP contribution >= 0.6 is 0 Å². The minimum atomic E-state index is -0.424. The molecule has 0 bridgehead atoms. The number of fused-ring (bicyclic) bond motifs is 2. The third kappa shape index (κ3) is 1.80. The van der Waals surface area contributed by atoms with E-state index in [2.05, 4.69) is 0 Å². The average molecular weight is 326 g/mol. The van der Waals surface area contributed by atoms with Crippen molar-refractivity contribution < 1.29 is 9.84 Å². The zero-order valence-electron chi connectivity index (χ0n) is 13.8. The van der Waals surface area contributed by atoms with Crippen molar-refractivity contribution in [1.29, 1.82) is 0 Å². The number of nitrogens with zero attached hydrogens (tertiary/aromatic N) is 2. The minimum absolute atomic E-state index is 0.120. The fourth-order valence-electron chi connectivity index (χ4n) is 3.61. The number of hydrogen-bond acceptors (Lipinski definition) is 4. The van der Waals surface area contributed by atoms with Crippen LogP contribution in [0, 0.1) is 13.8 Å². The fourth-order valence-corrected chi connectivity index (χ4v) is 3.61. The van der Waals surface area contributed by atoms with Crippen LogP contribution in [0.5, 0.6) is 5.75 Å². The Morgan fingerprint density at radius 2 is 1.71 bits per heavy atom. The maximum atomic E-state index is 12.5. The average Bonchev–Trinajstić information content (AvgIpc) is 2.56. The number of pyridine rings is 2. The molecule has 1 aromatic carbocycles. The molecule has 4 rings (SSSR count). The Labute approximate surface area is 137 Å². The zero-order valence-corrected chi connectivity index (χ0v) is 13.8. The second kappa shape index (κ2) is 4.95. The van der Waals surface area contributed by atoms with Crippen molar-refractivity contribution >= 4 is 21.8 Å². The predicted molar refractivity (Wildman–Crippen MR) is 92.0 cm³/mol.